The zero-order valence-electron chi connectivity index (χ0n) is 20.9. The fourth-order valence-corrected chi connectivity index (χ4v) is 9.34. The molecule has 2 bridgehead atoms. The number of aliphatic hydroxyl groups is 1. The summed E-state index contributed by atoms with van der Waals surface area (Å²) in [7, 11) is -3.82. The SMILES string of the molecule is CC=C[C@H](C)[C@H](O)[C@@H](C)C(=O)C(C)(C)C(=O)CC(=O)N1C2CC3CCC2(CS1(=O)=O)C3(C)C. The lowest BCUT2D eigenvalue weighted by molar-refractivity contribution is -0.145. The van der Waals surface area contributed by atoms with Crippen LogP contribution in [0.4, 0.5) is 0 Å². The first kappa shape index (κ1) is 26.1. The highest BCUT2D eigenvalue weighted by atomic mass is 32.2. The average Bonchev–Trinajstić information content (AvgIpc) is 3.19. The Labute approximate surface area is 198 Å². The second kappa shape index (κ2) is 8.29. The van der Waals surface area contributed by atoms with Crippen LogP contribution in [0.5, 0.6) is 0 Å². The summed E-state index contributed by atoms with van der Waals surface area (Å²) in [6, 6.07) is -0.405. The van der Waals surface area contributed by atoms with E-state index < -0.39 is 62.8 Å². The normalized spacial score (nSPS) is 32.5. The maximum absolute atomic E-state index is 13.2. The molecule has 186 valence electrons. The Morgan fingerprint density at radius 1 is 1.21 bits per heavy atom. The van der Waals surface area contributed by atoms with Crippen LogP contribution in [-0.2, 0) is 24.4 Å². The summed E-state index contributed by atoms with van der Waals surface area (Å²) >= 11 is 0. The van der Waals surface area contributed by atoms with Gasteiger partial charge < -0.3 is 5.11 Å². The summed E-state index contributed by atoms with van der Waals surface area (Å²) in [6.45, 7) is 12.3. The van der Waals surface area contributed by atoms with Gasteiger partial charge in [0.2, 0.25) is 15.9 Å². The number of aliphatic hydroxyl groups excluding tert-OH is 1. The van der Waals surface area contributed by atoms with E-state index in [2.05, 4.69) is 13.8 Å². The number of amides is 1. The van der Waals surface area contributed by atoms with Gasteiger partial charge >= 0.3 is 0 Å². The molecule has 1 heterocycles. The molecule has 3 unspecified atom stereocenters. The van der Waals surface area contributed by atoms with Crippen molar-refractivity contribution in [1.82, 2.24) is 4.31 Å². The number of sulfonamides is 1. The van der Waals surface area contributed by atoms with E-state index in [-0.39, 0.29) is 17.1 Å². The van der Waals surface area contributed by atoms with Gasteiger partial charge in [-0.15, -0.1) is 0 Å². The molecule has 0 aromatic carbocycles. The molecule has 6 atom stereocenters. The van der Waals surface area contributed by atoms with Crippen LogP contribution in [0.2, 0.25) is 0 Å². The molecule has 7 nitrogen and oxygen atoms in total. The zero-order valence-corrected chi connectivity index (χ0v) is 21.7. The Balaban J connectivity index is 1.77. The van der Waals surface area contributed by atoms with E-state index in [0.717, 1.165) is 17.1 Å². The van der Waals surface area contributed by atoms with E-state index in [4.69, 9.17) is 0 Å². The fraction of sp³-hybridized carbons (Fsp3) is 0.800. The number of hydrogen-bond donors (Lipinski definition) is 1. The summed E-state index contributed by atoms with van der Waals surface area (Å²) in [4.78, 5) is 39.5. The van der Waals surface area contributed by atoms with Crippen LogP contribution in [0.3, 0.4) is 0 Å². The van der Waals surface area contributed by atoms with Gasteiger partial charge in [0.1, 0.15) is 0 Å². The molecule has 1 aliphatic heterocycles. The first-order chi connectivity index (χ1) is 15.0. The molecule has 3 aliphatic rings. The molecule has 3 fully saturated rings. The third-order valence-electron chi connectivity index (χ3n) is 9.24. The summed E-state index contributed by atoms with van der Waals surface area (Å²) in [5.74, 6) is -2.57. The first-order valence-corrected chi connectivity index (χ1v) is 13.6. The van der Waals surface area contributed by atoms with Gasteiger partial charge in [-0.25, -0.2) is 12.7 Å². The molecule has 33 heavy (non-hydrogen) atoms. The standard InChI is InChI=1S/C25H39NO6S/c1-8-9-15(2)21(29)16(3)22(30)23(4,5)19(27)13-20(28)26-18-12-17-10-11-25(18,24(17,6)7)14-33(26,31)32/h8-9,15-18,21,29H,10-14H2,1-7H3/t15-,16+,17?,18?,21-,25?/m0/s1. The molecule has 0 aromatic rings. The molecule has 0 aromatic heterocycles. The third-order valence-corrected chi connectivity index (χ3v) is 11.2. The molecule has 1 N–H and O–H groups in total. The number of Topliss-reactive ketones (excluding diaryl/α,β-unsaturated/α-hetero) is 2. The van der Waals surface area contributed by atoms with Crippen molar-refractivity contribution < 1.29 is 27.9 Å². The largest absolute Gasteiger partial charge is 0.392 e. The molecule has 2 saturated carbocycles. The van der Waals surface area contributed by atoms with Gasteiger partial charge in [-0.1, -0.05) is 39.8 Å². The molecule has 0 radical (unpaired) electrons. The van der Waals surface area contributed by atoms with Gasteiger partial charge in [0.05, 0.1) is 29.7 Å². The van der Waals surface area contributed by atoms with Crippen molar-refractivity contribution in [3.63, 3.8) is 0 Å². The van der Waals surface area contributed by atoms with Crippen molar-refractivity contribution >= 4 is 27.5 Å². The molecule has 8 heteroatoms. The van der Waals surface area contributed by atoms with Gasteiger partial charge in [-0.05, 0) is 51.4 Å². The number of fused-ring (bicyclic) bond motifs is 1. The molecule has 2 aliphatic carbocycles. The number of ketones is 2. The Kier molecular flexibility index (Phi) is 6.55. The Morgan fingerprint density at radius 2 is 1.82 bits per heavy atom. The summed E-state index contributed by atoms with van der Waals surface area (Å²) in [5, 5.41) is 10.5. The van der Waals surface area contributed by atoms with Crippen LogP contribution >= 0.6 is 0 Å². The lowest BCUT2D eigenvalue weighted by Crippen LogP contribution is -2.47. The van der Waals surface area contributed by atoms with Gasteiger partial charge in [-0.2, -0.15) is 0 Å². The molecule has 1 amide bonds. The minimum absolute atomic E-state index is 0.0531. The lowest BCUT2D eigenvalue weighted by Gasteiger charge is -2.37. The summed E-state index contributed by atoms with van der Waals surface area (Å²) < 4.78 is 27.1. The zero-order chi connectivity index (χ0) is 25.1. The van der Waals surface area contributed by atoms with Crippen molar-refractivity contribution in [3.05, 3.63) is 12.2 Å². The van der Waals surface area contributed by atoms with Crippen molar-refractivity contribution in [2.75, 3.05) is 5.75 Å². The van der Waals surface area contributed by atoms with E-state index in [1.165, 1.54) is 13.8 Å². The van der Waals surface area contributed by atoms with Gasteiger partial charge in [-0.3, -0.25) is 14.4 Å². The maximum Gasteiger partial charge on any atom is 0.243 e. The Hall–Kier alpha value is -1.54. The smallest absolute Gasteiger partial charge is 0.243 e. The number of carbonyl (C=O) groups excluding carboxylic acids is 3. The molecular formula is C25H39NO6S. The summed E-state index contributed by atoms with van der Waals surface area (Å²) in [6.07, 6.45) is 4.36. The van der Waals surface area contributed by atoms with Crippen molar-refractivity contribution in [2.45, 2.75) is 86.3 Å². The molecule has 1 spiro atoms. The van der Waals surface area contributed by atoms with Crippen LogP contribution in [0, 0.1) is 34.0 Å². The lowest BCUT2D eigenvalue weighted by atomic mass is 9.69. The predicted molar refractivity (Wildman–Crippen MR) is 126 cm³/mol. The highest BCUT2D eigenvalue weighted by molar-refractivity contribution is 7.90. The number of nitrogens with zero attached hydrogens (tertiary/aromatic N) is 1. The number of hydrogen-bond acceptors (Lipinski definition) is 6. The van der Waals surface area contributed by atoms with Crippen LogP contribution in [0.25, 0.3) is 0 Å². The number of carbonyl (C=O) groups is 3. The van der Waals surface area contributed by atoms with Crippen LogP contribution < -0.4 is 0 Å². The highest BCUT2D eigenvalue weighted by Crippen LogP contribution is 2.70. The number of allylic oxidation sites excluding steroid dienone is 1. The van der Waals surface area contributed by atoms with E-state index in [1.807, 2.05) is 6.92 Å². The fourth-order valence-electron chi connectivity index (χ4n) is 6.79. The van der Waals surface area contributed by atoms with E-state index in [9.17, 15) is 27.9 Å². The quantitative estimate of drug-likeness (QED) is 0.421. The van der Waals surface area contributed by atoms with Crippen molar-refractivity contribution in [1.29, 1.82) is 0 Å². The minimum atomic E-state index is -3.82. The maximum atomic E-state index is 13.2. The third kappa shape index (κ3) is 3.81. The average molecular weight is 482 g/mol. The minimum Gasteiger partial charge on any atom is -0.392 e. The second-order valence-corrected chi connectivity index (χ2v) is 13.4. The Morgan fingerprint density at radius 3 is 2.36 bits per heavy atom. The van der Waals surface area contributed by atoms with Gasteiger partial charge in [0, 0.05) is 17.3 Å². The van der Waals surface area contributed by atoms with E-state index in [1.54, 1.807) is 26.0 Å². The van der Waals surface area contributed by atoms with Crippen LogP contribution in [0.1, 0.15) is 74.1 Å². The second-order valence-electron chi connectivity index (χ2n) is 11.6. The Bertz CT molecular complexity index is 981. The monoisotopic (exact) mass is 481 g/mol. The van der Waals surface area contributed by atoms with Gasteiger partial charge in [0.15, 0.2) is 11.6 Å². The first-order valence-electron chi connectivity index (χ1n) is 12.0. The molecule has 1 saturated heterocycles. The van der Waals surface area contributed by atoms with E-state index >= 15 is 0 Å². The molecular weight excluding hydrogens is 442 g/mol. The topological polar surface area (TPSA) is 109 Å². The number of rotatable bonds is 8. The van der Waals surface area contributed by atoms with Crippen LogP contribution in [0.15, 0.2) is 12.2 Å². The van der Waals surface area contributed by atoms with E-state index in [0.29, 0.717) is 12.3 Å². The molecule has 3 rings (SSSR count). The van der Waals surface area contributed by atoms with Crippen LogP contribution in [-0.4, -0.2) is 53.2 Å². The van der Waals surface area contributed by atoms with Crippen molar-refractivity contribution in [3.8, 4) is 0 Å². The van der Waals surface area contributed by atoms with Gasteiger partial charge in [0.25, 0.3) is 0 Å². The van der Waals surface area contributed by atoms with Crippen molar-refractivity contribution in [2.24, 2.45) is 34.0 Å². The highest BCUT2D eigenvalue weighted by Gasteiger charge is 2.72. The summed E-state index contributed by atoms with van der Waals surface area (Å²) in [5.41, 5.74) is -2.14. The predicted octanol–water partition coefficient (Wildman–Crippen LogP) is 3.12.